The number of benzene rings is 5. The van der Waals surface area contributed by atoms with Gasteiger partial charge in [0.2, 0.25) is 0 Å². The van der Waals surface area contributed by atoms with Crippen LogP contribution in [-0.2, 0) is 0 Å². The van der Waals surface area contributed by atoms with Crippen LogP contribution in [0.15, 0.2) is 127 Å². The molecule has 0 spiro atoms. The standard InChI is InChI=1S/C41H27N5/c1-27-4-20-35(21-5-27)45-37(31-12-8-29(25-42)9-13-31)24-38-41(45)39(32-14-10-30(26-43)11-15-32)40(33-16-18-34(44-3)19-17-33)46(38)36-22-6-28(2)7-23-36/h4-24H,1-2H3. The molecule has 0 radical (unpaired) electrons. The van der Waals surface area contributed by atoms with Gasteiger partial charge < -0.3 is 9.13 Å². The van der Waals surface area contributed by atoms with Gasteiger partial charge in [-0.2, -0.15) is 10.5 Å². The Morgan fingerprint density at radius 1 is 0.565 bits per heavy atom. The lowest BCUT2D eigenvalue weighted by Crippen LogP contribution is -1.99. The predicted octanol–water partition coefficient (Wildman–Crippen LogP) is 10.3. The average molecular weight is 590 g/mol. The van der Waals surface area contributed by atoms with Crippen molar-refractivity contribution in [3.8, 4) is 57.2 Å². The SMILES string of the molecule is [C-]#[N+]c1ccc(-c2c(-c3ccc(C#N)cc3)c3c(cc(-c4ccc(C#N)cc4)n3-c3ccc(C)cc3)n2-c2ccc(C)cc2)cc1. The number of nitrogens with zero attached hydrogens (tertiary/aromatic N) is 5. The second-order valence-electron chi connectivity index (χ2n) is 11.4. The minimum Gasteiger partial charge on any atom is -0.307 e. The second kappa shape index (κ2) is 11.5. The summed E-state index contributed by atoms with van der Waals surface area (Å²) in [5, 5.41) is 19.1. The fraction of sp³-hybridized carbons (Fsp3) is 0.0488. The lowest BCUT2D eigenvalue weighted by Gasteiger charge is -2.16. The predicted molar refractivity (Wildman–Crippen MR) is 184 cm³/mol. The lowest BCUT2D eigenvalue weighted by molar-refractivity contribution is 1.13. The van der Waals surface area contributed by atoms with E-state index in [0.29, 0.717) is 16.8 Å². The number of aromatic nitrogens is 2. The Hall–Kier alpha value is -6.61. The zero-order chi connectivity index (χ0) is 31.8. The molecule has 5 aromatic carbocycles. The molecule has 0 aliphatic carbocycles. The van der Waals surface area contributed by atoms with E-state index in [9.17, 15) is 10.5 Å². The lowest BCUT2D eigenvalue weighted by atomic mass is 9.99. The molecule has 5 nitrogen and oxygen atoms in total. The molecule has 0 N–H and O–H groups in total. The van der Waals surface area contributed by atoms with E-state index < -0.39 is 0 Å². The van der Waals surface area contributed by atoms with E-state index in [4.69, 9.17) is 6.57 Å². The van der Waals surface area contributed by atoms with Crippen LogP contribution in [-0.4, -0.2) is 9.13 Å². The minimum atomic E-state index is 0.578. The summed E-state index contributed by atoms with van der Waals surface area (Å²) in [6.07, 6.45) is 0. The highest BCUT2D eigenvalue weighted by Crippen LogP contribution is 2.47. The van der Waals surface area contributed by atoms with Gasteiger partial charge in [-0.15, -0.1) is 0 Å². The molecule has 2 heterocycles. The van der Waals surface area contributed by atoms with Crippen molar-refractivity contribution in [3.05, 3.63) is 161 Å². The molecule has 7 rings (SSSR count). The zero-order valence-corrected chi connectivity index (χ0v) is 25.4. The maximum absolute atomic E-state index is 9.61. The van der Waals surface area contributed by atoms with E-state index in [1.807, 2.05) is 72.8 Å². The van der Waals surface area contributed by atoms with Crippen LogP contribution in [0.2, 0.25) is 0 Å². The van der Waals surface area contributed by atoms with E-state index in [1.165, 1.54) is 0 Å². The third-order valence-electron chi connectivity index (χ3n) is 8.39. The van der Waals surface area contributed by atoms with E-state index >= 15 is 0 Å². The number of fused-ring (bicyclic) bond motifs is 1. The molecule has 0 unspecified atom stereocenters. The molecular weight excluding hydrogens is 562 g/mol. The van der Waals surface area contributed by atoms with Crippen LogP contribution in [0.1, 0.15) is 22.3 Å². The molecule has 0 aliphatic rings. The molecule has 0 atom stereocenters. The van der Waals surface area contributed by atoms with Gasteiger partial charge >= 0.3 is 0 Å². The Morgan fingerprint density at radius 2 is 1.04 bits per heavy atom. The van der Waals surface area contributed by atoms with Crippen LogP contribution in [0.25, 0.3) is 60.9 Å². The zero-order valence-electron chi connectivity index (χ0n) is 25.4. The van der Waals surface area contributed by atoms with Crippen LogP contribution >= 0.6 is 0 Å². The van der Waals surface area contributed by atoms with Crippen molar-refractivity contribution in [1.82, 2.24) is 9.13 Å². The first kappa shape index (κ1) is 28.2. The minimum absolute atomic E-state index is 0.578. The largest absolute Gasteiger partial charge is 0.307 e. The smallest absolute Gasteiger partial charge is 0.187 e. The van der Waals surface area contributed by atoms with Crippen LogP contribution in [0, 0.1) is 43.1 Å². The second-order valence-corrected chi connectivity index (χ2v) is 11.4. The van der Waals surface area contributed by atoms with Crippen molar-refractivity contribution in [3.63, 3.8) is 0 Å². The molecule has 0 saturated carbocycles. The van der Waals surface area contributed by atoms with E-state index in [2.05, 4.69) is 94.6 Å². The summed E-state index contributed by atoms with van der Waals surface area (Å²) in [5.74, 6) is 0. The highest BCUT2D eigenvalue weighted by molar-refractivity contribution is 6.07. The van der Waals surface area contributed by atoms with Crippen molar-refractivity contribution in [2.45, 2.75) is 13.8 Å². The molecule has 2 aromatic heterocycles. The molecule has 5 heteroatoms. The Bertz CT molecular complexity index is 2310. The van der Waals surface area contributed by atoms with Gasteiger partial charge in [-0.1, -0.05) is 83.9 Å². The van der Waals surface area contributed by atoms with Gasteiger partial charge in [0.1, 0.15) is 0 Å². The van der Waals surface area contributed by atoms with Crippen molar-refractivity contribution in [2.24, 2.45) is 0 Å². The summed E-state index contributed by atoms with van der Waals surface area (Å²) in [6.45, 7) is 11.7. The van der Waals surface area contributed by atoms with Gasteiger partial charge in [-0.3, -0.25) is 0 Å². The average Bonchev–Trinajstić information content (AvgIpc) is 3.64. The molecule has 46 heavy (non-hydrogen) atoms. The number of hydrogen-bond acceptors (Lipinski definition) is 2. The number of rotatable bonds is 5. The molecule has 0 aliphatic heterocycles. The topological polar surface area (TPSA) is 61.8 Å². The summed E-state index contributed by atoms with van der Waals surface area (Å²) >= 11 is 0. The third-order valence-corrected chi connectivity index (χ3v) is 8.39. The summed E-state index contributed by atoms with van der Waals surface area (Å²) < 4.78 is 4.60. The normalized spacial score (nSPS) is 10.8. The highest BCUT2D eigenvalue weighted by Gasteiger charge is 2.27. The molecule has 7 aromatic rings. The fourth-order valence-electron chi connectivity index (χ4n) is 6.06. The highest BCUT2D eigenvalue weighted by atomic mass is 15.1. The molecule has 0 bridgehead atoms. The van der Waals surface area contributed by atoms with Gasteiger partial charge in [0.15, 0.2) is 5.69 Å². The summed E-state index contributed by atoms with van der Waals surface area (Å²) in [4.78, 5) is 3.63. The summed E-state index contributed by atoms with van der Waals surface area (Å²) in [7, 11) is 0. The maximum Gasteiger partial charge on any atom is 0.187 e. The first-order valence-electron chi connectivity index (χ1n) is 14.9. The Kier molecular flexibility index (Phi) is 7.03. The molecular formula is C41H27N5. The Balaban J connectivity index is 1.68. The van der Waals surface area contributed by atoms with Crippen LogP contribution in [0.5, 0.6) is 0 Å². The van der Waals surface area contributed by atoms with E-state index in [0.717, 1.165) is 67.2 Å². The Labute approximate surface area is 267 Å². The molecule has 0 amide bonds. The molecule has 216 valence electrons. The van der Waals surface area contributed by atoms with Crippen LogP contribution in [0.3, 0.4) is 0 Å². The van der Waals surface area contributed by atoms with Crippen molar-refractivity contribution < 1.29 is 0 Å². The van der Waals surface area contributed by atoms with Crippen molar-refractivity contribution in [1.29, 1.82) is 10.5 Å². The van der Waals surface area contributed by atoms with Gasteiger partial charge in [0.25, 0.3) is 0 Å². The van der Waals surface area contributed by atoms with E-state index in [-0.39, 0.29) is 0 Å². The third kappa shape index (κ3) is 4.82. The van der Waals surface area contributed by atoms with E-state index in [1.54, 1.807) is 0 Å². The van der Waals surface area contributed by atoms with Crippen molar-refractivity contribution in [2.75, 3.05) is 0 Å². The molecule has 0 fully saturated rings. The van der Waals surface area contributed by atoms with Crippen molar-refractivity contribution >= 4 is 16.7 Å². The quantitative estimate of drug-likeness (QED) is 0.188. The van der Waals surface area contributed by atoms with Gasteiger partial charge in [0.05, 0.1) is 52.3 Å². The first-order valence-corrected chi connectivity index (χ1v) is 14.9. The van der Waals surface area contributed by atoms with Crippen LogP contribution in [0.4, 0.5) is 5.69 Å². The Morgan fingerprint density at radius 3 is 1.54 bits per heavy atom. The van der Waals surface area contributed by atoms with Crippen LogP contribution < -0.4 is 0 Å². The summed E-state index contributed by atoms with van der Waals surface area (Å²) in [6, 6.07) is 46.9. The monoisotopic (exact) mass is 589 g/mol. The maximum atomic E-state index is 9.61. The number of aryl methyl sites for hydroxylation is 2. The summed E-state index contributed by atoms with van der Waals surface area (Å²) in [5.41, 5.74) is 14.0. The fourth-order valence-corrected chi connectivity index (χ4v) is 6.06. The number of hydrogen-bond donors (Lipinski definition) is 0. The van der Waals surface area contributed by atoms with Gasteiger partial charge in [0, 0.05) is 16.9 Å². The van der Waals surface area contributed by atoms with Gasteiger partial charge in [-0.05, 0) is 85.1 Å². The first-order chi connectivity index (χ1) is 22.5. The van der Waals surface area contributed by atoms with Gasteiger partial charge in [-0.25, -0.2) is 4.85 Å². The molecule has 0 saturated heterocycles. The number of nitriles is 2.